The number of amidine groups is 1. The van der Waals surface area contributed by atoms with Crippen molar-refractivity contribution in [3.8, 4) is 5.75 Å². The predicted octanol–water partition coefficient (Wildman–Crippen LogP) is 3.06. The summed E-state index contributed by atoms with van der Waals surface area (Å²) in [5, 5.41) is 12.6. The normalized spacial score (nSPS) is 13.3. The SMILES string of the molecule is CN1CCN=C1Nc1ccc(C(=O)Oc2ccc3cc(C(=N)N)ccc3c2)cc1. The van der Waals surface area contributed by atoms with E-state index in [-0.39, 0.29) is 5.84 Å². The second-order valence-electron chi connectivity index (χ2n) is 6.86. The third-order valence-corrected chi connectivity index (χ3v) is 4.77. The number of nitrogens with one attached hydrogen (secondary N) is 2. The molecule has 7 heteroatoms. The second kappa shape index (κ2) is 7.63. The van der Waals surface area contributed by atoms with Crippen molar-refractivity contribution < 1.29 is 9.53 Å². The van der Waals surface area contributed by atoms with Crippen LogP contribution in [0.3, 0.4) is 0 Å². The Bertz CT molecular complexity index is 1120. The lowest BCUT2D eigenvalue weighted by atomic mass is 10.1. The van der Waals surface area contributed by atoms with E-state index in [1.54, 1.807) is 30.3 Å². The minimum Gasteiger partial charge on any atom is -0.423 e. The van der Waals surface area contributed by atoms with Crippen LogP contribution in [0.15, 0.2) is 65.7 Å². The first kappa shape index (κ1) is 18.5. The number of carbonyl (C=O) groups is 1. The van der Waals surface area contributed by atoms with Crippen LogP contribution < -0.4 is 15.8 Å². The molecule has 7 nitrogen and oxygen atoms in total. The van der Waals surface area contributed by atoms with Crippen LogP contribution in [-0.4, -0.2) is 42.8 Å². The fourth-order valence-electron chi connectivity index (χ4n) is 3.11. The number of anilines is 1. The highest BCUT2D eigenvalue weighted by atomic mass is 16.5. The standard InChI is InChI=1S/C22H21N5O2/c1-27-11-10-25-22(27)26-18-7-4-14(5-8-18)21(28)29-19-9-6-15-12-17(20(23)24)3-2-16(15)13-19/h2-9,12-13H,10-11H2,1H3,(H3,23,24)(H,25,26). The van der Waals surface area contributed by atoms with Gasteiger partial charge in [0.2, 0.25) is 0 Å². The van der Waals surface area contributed by atoms with Gasteiger partial charge in [0.15, 0.2) is 5.96 Å². The van der Waals surface area contributed by atoms with Gasteiger partial charge in [-0.3, -0.25) is 10.4 Å². The first-order valence-corrected chi connectivity index (χ1v) is 9.23. The summed E-state index contributed by atoms with van der Waals surface area (Å²) in [6, 6.07) is 17.9. The smallest absolute Gasteiger partial charge is 0.343 e. The van der Waals surface area contributed by atoms with Crippen molar-refractivity contribution in [2.24, 2.45) is 10.7 Å². The van der Waals surface area contributed by atoms with Crippen LogP contribution in [0.25, 0.3) is 10.8 Å². The van der Waals surface area contributed by atoms with E-state index >= 15 is 0 Å². The maximum absolute atomic E-state index is 12.5. The molecule has 0 bridgehead atoms. The lowest BCUT2D eigenvalue weighted by Crippen LogP contribution is -2.29. The molecule has 4 rings (SSSR count). The van der Waals surface area contributed by atoms with Gasteiger partial charge in [0, 0.05) is 24.8 Å². The van der Waals surface area contributed by atoms with E-state index in [2.05, 4.69) is 10.3 Å². The van der Waals surface area contributed by atoms with Gasteiger partial charge in [0.1, 0.15) is 11.6 Å². The van der Waals surface area contributed by atoms with Gasteiger partial charge in [0.25, 0.3) is 0 Å². The first-order valence-electron chi connectivity index (χ1n) is 9.23. The summed E-state index contributed by atoms with van der Waals surface area (Å²) in [7, 11) is 1.98. The molecular weight excluding hydrogens is 366 g/mol. The summed E-state index contributed by atoms with van der Waals surface area (Å²) in [6.07, 6.45) is 0. The number of aliphatic imine (C=N–C) groups is 1. The first-order chi connectivity index (χ1) is 14.0. The number of hydrogen-bond acceptors (Lipinski definition) is 6. The summed E-state index contributed by atoms with van der Waals surface area (Å²) in [5.74, 6) is 0.880. The molecule has 4 N–H and O–H groups in total. The molecule has 3 aromatic rings. The largest absolute Gasteiger partial charge is 0.423 e. The van der Waals surface area contributed by atoms with E-state index in [4.69, 9.17) is 15.9 Å². The Morgan fingerprint density at radius 2 is 1.76 bits per heavy atom. The zero-order valence-corrected chi connectivity index (χ0v) is 16.0. The van der Waals surface area contributed by atoms with Crippen LogP contribution in [-0.2, 0) is 0 Å². The third kappa shape index (κ3) is 4.03. The number of nitrogen functional groups attached to an aromatic ring is 1. The highest BCUT2D eigenvalue weighted by Gasteiger charge is 2.13. The number of carbonyl (C=O) groups excluding carboxylic acids is 1. The van der Waals surface area contributed by atoms with Crippen LogP contribution in [0.2, 0.25) is 0 Å². The van der Waals surface area contributed by atoms with Crippen molar-refractivity contribution in [1.29, 1.82) is 5.41 Å². The van der Waals surface area contributed by atoms with E-state index in [9.17, 15) is 4.79 Å². The van der Waals surface area contributed by atoms with E-state index in [1.807, 2.05) is 42.3 Å². The predicted molar refractivity (Wildman–Crippen MR) is 115 cm³/mol. The zero-order valence-electron chi connectivity index (χ0n) is 16.0. The number of fused-ring (bicyclic) bond motifs is 1. The van der Waals surface area contributed by atoms with Gasteiger partial charge in [-0.15, -0.1) is 0 Å². The maximum atomic E-state index is 12.5. The summed E-state index contributed by atoms with van der Waals surface area (Å²) < 4.78 is 5.52. The minimum atomic E-state index is -0.424. The topological polar surface area (TPSA) is 104 Å². The van der Waals surface area contributed by atoms with Crippen molar-refractivity contribution in [3.05, 3.63) is 71.8 Å². The molecule has 29 heavy (non-hydrogen) atoms. The second-order valence-corrected chi connectivity index (χ2v) is 6.86. The van der Waals surface area contributed by atoms with Crippen LogP contribution in [0.4, 0.5) is 5.69 Å². The van der Waals surface area contributed by atoms with Gasteiger partial charge in [-0.05, 0) is 53.2 Å². The molecule has 1 aliphatic rings. The van der Waals surface area contributed by atoms with Gasteiger partial charge < -0.3 is 20.7 Å². The molecule has 0 saturated carbocycles. The average Bonchev–Trinajstić information content (AvgIpc) is 3.12. The number of benzene rings is 3. The lowest BCUT2D eigenvalue weighted by molar-refractivity contribution is 0.0735. The van der Waals surface area contributed by atoms with Gasteiger partial charge in [-0.1, -0.05) is 18.2 Å². The molecule has 0 amide bonds. The summed E-state index contributed by atoms with van der Waals surface area (Å²) >= 11 is 0. The fourth-order valence-corrected chi connectivity index (χ4v) is 3.11. The van der Waals surface area contributed by atoms with Gasteiger partial charge in [-0.2, -0.15) is 0 Å². The van der Waals surface area contributed by atoms with Crippen LogP contribution in [0, 0.1) is 5.41 Å². The molecule has 0 radical (unpaired) electrons. The Kier molecular flexibility index (Phi) is 4.87. The fraction of sp³-hybridized carbons (Fsp3) is 0.136. The molecule has 3 aromatic carbocycles. The molecule has 1 aliphatic heterocycles. The maximum Gasteiger partial charge on any atom is 0.343 e. The van der Waals surface area contributed by atoms with E-state index < -0.39 is 5.97 Å². The van der Waals surface area contributed by atoms with Crippen molar-refractivity contribution in [2.45, 2.75) is 0 Å². The summed E-state index contributed by atoms with van der Waals surface area (Å²) in [4.78, 5) is 18.9. The van der Waals surface area contributed by atoms with E-state index in [0.717, 1.165) is 35.5 Å². The number of nitrogens with zero attached hydrogens (tertiary/aromatic N) is 2. The van der Waals surface area contributed by atoms with Crippen LogP contribution in [0.5, 0.6) is 5.75 Å². The number of ether oxygens (including phenoxy) is 1. The molecule has 146 valence electrons. The molecule has 0 unspecified atom stereocenters. The van der Waals surface area contributed by atoms with Gasteiger partial charge in [-0.25, -0.2) is 4.79 Å². The summed E-state index contributed by atoms with van der Waals surface area (Å²) in [5.41, 5.74) is 7.51. The molecule has 0 spiro atoms. The summed E-state index contributed by atoms with van der Waals surface area (Å²) in [6.45, 7) is 1.68. The van der Waals surface area contributed by atoms with Crippen molar-refractivity contribution >= 4 is 34.2 Å². The number of esters is 1. The highest BCUT2D eigenvalue weighted by Crippen LogP contribution is 2.23. The lowest BCUT2D eigenvalue weighted by Gasteiger charge is -2.15. The third-order valence-electron chi connectivity index (χ3n) is 4.77. The Labute approximate surface area is 168 Å². The van der Waals surface area contributed by atoms with Gasteiger partial charge >= 0.3 is 5.97 Å². The Morgan fingerprint density at radius 1 is 1.07 bits per heavy atom. The number of hydrogen-bond donors (Lipinski definition) is 3. The van der Waals surface area contributed by atoms with Crippen LogP contribution in [0.1, 0.15) is 15.9 Å². The molecule has 0 fully saturated rings. The monoisotopic (exact) mass is 387 g/mol. The van der Waals surface area contributed by atoms with Gasteiger partial charge in [0.05, 0.1) is 12.1 Å². The van der Waals surface area contributed by atoms with Crippen molar-refractivity contribution in [3.63, 3.8) is 0 Å². The van der Waals surface area contributed by atoms with E-state index in [0.29, 0.717) is 16.9 Å². The number of guanidine groups is 1. The average molecular weight is 387 g/mol. The minimum absolute atomic E-state index is 0.0204. The zero-order chi connectivity index (χ0) is 20.4. The molecule has 1 heterocycles. The molecule has 0 saturated heterocycles. The van der Waals surface area contributed by atoms with Crippen molar-refractivity contribution in [2.75, 3.05) is 25.5 Å². The van der Waals surface area contributed by atoms with E-state index in [1.165, 1.54) is 0 Å². The number of likely N-dealkylation sites (N-methyl/N-ethyl adjacent to an activating group) is 1. The Hall–Kier alpha value is -3.87. The number of rotatable bonds is 4. The highest BCUT2D eigenvalue weighted by molar-refractivity contribution is 6.00. The van der Waals surface area contributed by atoms with Crippen LogP contribution >= 0.6 is 0 Å². The number of nitrogens with two attached hydrogens (primary N) is 1. The Morgan fingerprint density at radius 3 is 2.45 bits per heavy atom. The quantitative estimate of drug-likeness (QED) is 0.276. The molecular formula is C22H21N5O2. The Balaban J connectivity index is 1.46. The van der Waals surface area contributed by atoms with Crippen molar-refractivity contribution in [1.82, 2.24) is 4.90 Å². The molecule has 0 atom stereocenters. The molecule has 0 aromatic heterocycles. The molecule has 0 aliphatic carbocycles.